The van der Waals surface area contributed by atoms with Crippen LogP contribution in [0.15, 0.2) is 12.1 Å². The van der Waals surface area contributed by atoms with Crippen LogP contribution in [0.3, 0.4) is 0 Å². The topological polar surface area (TPSA) is 40.5 Å². The van der Waals surface area contributed by atoms with Crippen molar-refractivity contribution in [2.75, 3.05) is 0 Å². The van der Waals surface area contributed by atoms with E-state index < -0.39 is 17.7 Å². The lowest BCUT2D eigenvalue weighted by Crippen LogP contribution is -1.95. The molecule has 2 nitrogen and oxygen atoms in total. The first kappa shape index (κ1) is 9.00. The third kappa shape index (κ3) is 1.41. The summed E-state index contributed by atoms with van der Waals surface area (Å²) in [7, 11) is 0. The molecule has 1 aromatic carbocycles. The molecular formula is C9H11FO2. The normalized spacial score (nSPS) is 13.0. The van der Waals surface area contributed by atoms with Crippen LogP contribution in [0.2, 0.25) is 0 Å². The van der Waals surface area contributed by atoms with Gasteiger partial charge in [-0.15, -0.1) is 0 Å². The van der Waals surface area contributed by atoms with E-state index in [1.807, 2.05) is 0 Å². The molecule has 0 saturated heterocycles. The van der Waals surface area contributed by atoms with Crippen molar-refractivity contribution in [3.63, 3.8) is 0 Å². The van der Waals surface area contributed by atoms with E-state index in [9.17, 15) is 9.50 Å². The molecule has 0 fully saturated rings. The lowest BCUT2D eigenvalue weighted by molar-refractivity contribution is 0.193. The van der Waals surface area contributed by atoms with E-state index in [1.54, 1.807) is 6.92 Å². The number of aliphatic hydroxyl groups is 1. The summed E-state index contributed by atoms with van der Waals surface area (Å²) < 4.78 is 13.0. The van der Waals surface area contributed by atoms with Crippen LogP contribution in [-0.4, -0.2) is 10.2 Å². The van der Waals surface area contributed by atoms with Crippen molar-refractivity contribution in [2.24, 2.45) is 0 Å². The zero-order valence-electron chi connectivity index (χ0n) is 7.00. The average Bonchev–Trinajstić information content (AvgIpc) is 2.00. The number of aliphatic hydroxyl groups excluding tert-OH is 1. The third-order valence-electron chi connectivity index (χ3n) is 1.79. The lowest BCUT2D eigenvalue weighted by atomic mass is 10.1. The first-order valence-corrected chi connectivity index (χ1v) is 3.70. The summed E-state index contributed by atoms with van der Waals surface area (Å²) in [4.78, 5) is 0. The van der Waals surface area contributed by atoms with E-state index in [1.165, 1.54) is 19.1 Å². The van der Waals surface area contributed by atoms with Gasteiger partial charge in [-0.3, -0.25) is 0 Å². The van der Waals surface area contributed by atoms with Crippen LogP contribution in [0, 0.1) is 12.7 Å². The Kier molecular flexibility index (Phi) is 2.33. The van der Waals surface area contributed by atoms with Crippen molar-refractivity contribution in [3.05, 3.63) is 29.1 Å². The van der Waals surface area contributed by atoms with Crippen molar-refractivity contribution in [1.82, 2.24) is 0 Å². The molecule has 1 unspecified atom stereocenters. The van der Waals surface area contributed by atoms with Crippen LogP contribution in [0.1, 0.15) is 24.2 Å². The molecule has 0 aliphatic carbocycles. The summed E-state index contributed by atoms with van der Waals surface area (Å²) >= 11 is 0. The molecule has 0 aliphatic heterocycles. The average molecular weight is 170 g/mol. The van der Waals surface area contributed by atoms with Gasteiger partial charge in [0.2, 0.25) is 0 Å². The van der Waals surface area contributed by atoms with E-state index >= 15 is 0 Å². The Labute approximate surface area is 70.3 Å². The fourth-order valence-electron chi connectivity index (χ4n) is 1.02. The lowest BCUT2D eigenvalue weighted by Gasteiger charge is -2.08. The second kappa shape index (κ2) is 3.11. The Hall–Kier alpha value is -1.09. The molecule has 3 heteroatoms. The molecule has 0 aliphatic rings. The first-order valence-electron chi connectivity index (χ1n) is 3.70. The summed E-state index contributed by atoms with van der Waals surface area (Å²) in [6.07, 6.45) is -0.847. The van der Waals surface area contributed by atoms with Gasteiger partial charge in [-0.25, -0.2) is 4.39 Å². The van der Waals surface area contributed by atoms with Gasteiger partial charge in [0.1, 0.15) is 0 Å². The maximum atomic E-state index is 13.0. The zero-order valence-corrected chi connectivity index (χ0v) is 7.00. The Morgan fingerprint density at radius 2 is 2.00 bits per heavy atom. The number of hydrogen-bond donors (Lipinski definition) is 2. The molecule has 1 rings (SSSR count). The Morgan fingerprint density at radius 3 is 2.50 bits per heavy atom. The molecule has 0 saturated carbocycles. The number of phenols is 1. The minimum Gasteiger partial charge on any atom is -0.505 e. The van der Waals surface area contributed by atoms with Crippen molar-refractivity contribution < 1.29 is 14.6 Å². The van der Waals surface area contributed by atoms with E-state index in [-0.39, 0.29) is 5.56 Å². The van der Waals surface area contributed by atoms with Gasteiger partial charge in [0.05, 0.1) is 6.10 Å². The summed E-state index contributed by atoms with van der Waals surface area (Å²) in [6, 6.07) is 3.04. The van der Waals surface area contributed by atoms with Crippen LogP contribution < -0.4 is 0 Å². The molecular weight excluding hydrogens is 159 g/mol. The molecule has 0 bridgehead atoms. The van der Waals surface area contributed by atoms with Gasteiger partial charge in [-0.05, 0) is 19.4 Å². The van der Waals surface area contributed by atoms with Crippen LogP contribution >= 0.6 is 0 Å². The van der Waals surface area contributed by atoms with Gasteiger partial charge in [0.25, 0.3) is 0 Å². The van der Waals surface area contributed by atoms with Gasteiger partial charge < -0.3 is 10.2 Å². The maximum Gasteiger partial charge on any atom is 0.168 e. The van der Waals surface area contributed by atoms with E-state index in [2.05, 4.69) is 0 Å². The minimum absolute atomic E-state index is 0.220. The maximum absolute atomic E-state index is 13.0. The highest BCUT2D eigenvalue weighted by Crippen LogP contribution is 2.28. The molecule has 0 aromatic heterocycles. The number of aromatic hydroxyl groups is 1. The number of hydrogen-bond acceptors (Lipinski definition) is 2. The van der Waals surface area contributed by atoms with Crippen LogP contribution in [0.25, 0.3) is 0 Å². The summed E-state index contributed by atoms with van der Waals surface area (Å²) in [5.74, 6) is -1.11. The van der Waals surface area contributed by atoms with E-state index in [4.69, 9.17) is 5.11 Å². The predicted molar refractivity (Wildman–Crippen MR) is 43.4 cm³/mol. The molecule has 1 atom stereocenters. The Balaban J connectivity index is 3.27. The smallest absolute Gasteiger partial charge is 0.168 e. The summed E-state index contributed by atoms with van der Waals surface area (Å²) in [6.45, 7) is 3.03. The molecule has 1 aromatic rings. The number of aryl methyl sites for hydroxylation is 1. The van der Waals surface area contributed by atoms with Gasteiger partial charge in [0.15, 0.2) is 11.6 Å². The van der Waals surface area contributed by atoms with Crippen molar-refractivity contribution in [1.29, 1.82) is 0 Å². The number of benzene rings is 1. The van der Waals surface area contributed by atoms with Gasteiger partial charge in [-0.2, -0.15) is 0 Å². The van der Waals surface area contributed by atoms with Crippen molar-refractivity contribution in [3.8, 4) is 5.75 Å². The summed E-state index contributed by atoms with van der Waals surface area (Å²) in [5.41, 5.74) is 0.593. The number of rotatable bonds is 1. The minimum atomic E-state index is -0.847. The molecule has 0 heterocycles. The van der Waals surface area contributed by atoms with Crippen molar-refractivity contribution >= 4 is 0 Å². The largest absolute Gasteiger partial charge is 0.505 e. The highest BCUT2D eigenvalue weighted by Gasteiger charge is 2.12. The molecule has 0 spiro atoms. The fourth-order valence-corrected chi connectivity index (χ4v) is 1.02. The number of halogens is 1. The molecule has 66 valence electrons. The summed E-state index contributed by atoms with van der Waals surface area (Å²) in [5, 5.41) is 18.3. The van der Waals surface area contributed by atoms with Crippen LogP contribution in [0.5, 0.6) is 5.75 Å². The predicted octanol–water partition coefficient (Wildman–Crippen LogP) is 1.89. The van der Waals surface area contributed by atoms with Crippen LogP contribution in [-0.2, 0) is 0 Å². The van der Waals surface area contributed by atoms with Gasteiger partial charge in [-0.1, -0.05) is 12.1 Å². The second-order valence-electron chi connectivity index (χ2n) is 2.81. The zero-order chi connectivity index (χ0) is 9.30. The van der Waals surface area contributed by atoms with Crippen molar-refractivity contribution in [2.45, 2.75) is 20.0 Å². The second-order valence-corrected chi connectivity index (χ2v) is 2.81. The third-order valence-corrected chi connectivity index (χ3v) is 1.79. The fraction of sp³-hybridized carbons (Fsp3) is 0.333. The van der Waals surface area contributed by atoms with Gasteiger partial charge in [0, 0.05) is 5.56 Å². The first-order chi connectivity index (χ1) is 5.54. The van der Waals surface area contributed by atoms with Crippen LogP contribution in [0.4, 0.5) is 4.39 Å². The number of phenolic OH excluding ortho intramolecular Hbond substituents is 1. The molecule has 12 heavy (non-hydrogen) atoms. The monoisotopic (exact) mass is 170 g/mol. The standard InChI is InChI=1S/C9H11FO2/c1-5-3-4-7(6(2)11)9(12)8(5)10/h3-4,6,11-12H,1-2H3. The molecule has 0 radical (unpaired) electrons. The highest BCUT2D eigenvalue weighted by atomic mass is 19.1. The highest BCUT2D eigenvalue weighted by molar-refractivity contribution is 5.38. The Bertz CT molecular complexity index is 295. The Morgan fingerprint density at radius 1 is 1.42 bits per heavy atom. The van der Waals surface area contributed by atoms with E-state index in [0.717, 1.165) is 0 Å². The SMILES string of the molecule is Cc1ccc(C(C)O)c(O)c1F. The molecule has 2 N–H and O–H groups in total. The van der Waals surface area contributed by atoms with Gasteiger partial charge >= 0.3 is 0 Å². The van der Waals surface area contributed by atoms with E-state index in [0.29, 0.717) is 5.56 Å². The molecule has 0 amide bonds. The quantitative estimate of drug-likeness (QED) is 0.675.